The zero-order valence-electron chi connectivity index (χ0n) is 6.76. The van der Waals surface area contributed by atoms with Crippen LogP contribution in [0.5, 0.6) is 0 Å². The SMILES string of the molecule is ClC(Cl)=CCSC1CCOCC1. The van der Waals surface area contributed by atoms with Crippen LogP contribution >= 0.6 is 35.0 Å². The van der Waals surface area contributed by atoms with Crippen molar-refractivity contribution in [3.8, 4) is 0 Å². The van der Waals surface area contributed by atoms with Gasteiger partial charge in [0.1, 0.15) is 4.49 Å². The Morgan fingerprint density at radius 1 is 1.42 bits per heavy atom. The quantitative estimate of drug-likeness (QED) is 0.732. The van der Waals surface area contributed by atoms with Crippen molar-refractivity contribution in [2.45, 2.75) is 18.1 Å². The van der Waals surface area contributed by atoms with Gasteiger partial charge in [-0.1, -0.05) is 23.2 Å². The Hall–Kier alpha value is 0.630. The van der Waals surface area contributed by atoms with Gasteiger partial charge in [0.15, 0.2) is 0 Å². The number of ether oxygens (including phenoxy) is 1. The average Bonchev–Trinajstić information content (AvgIpc) is 2.05. The zero-order chi connectivity index (χ0) is 8.81. The van der Waals surface area contributed by atoms with E-state index in [4.69, 9.17) is 27.9 Å². The molecule has 0 bridgehead atoms. The smallest absolute Gasteiger partial charge is 0.103 e. The molecule has 1 rings (SSSR count). The van der Waals surface area contributed by atoms with Crippen molar-refractivity contribution in [3.63, 3.8) is 0 Å². The van der Waals surface area contributed by atoms with Gasteiger partial charge in [0.25, 0.3) is 0 Å². The second kappa shape index (κ2) is 6.14. The molecule has 0 radical (unpaired) electrons. The van der Waals surface area contributed by atoms with Crippen molar-refractivity contribution in [2.75, 3.05) is 19.0 Å². The minimum absolute atomic E-state index is 0.370. The second-order valence-electron chi connectivity index (χ2n) is 2.64. The van der Waals surface area contributed by atoms with E-state index in [1.54, 1.807) is 0 Å². The monoisotopic (exact) mass is 226 g/mol. The highest BCUT2D eigenvalue weighted by atomic mass is 35.5. The van der Waals surface area contributed by atoms with Crippen molar-refractivity contribution in [3.05, 3.63) is 10.6 Å². The highest BCUT2D eigenvalue weighted by Crippen LogP contribution is 2.22. The number of thioether (sulfide) groups is 1. The van der Waals surface area contributed by atoms with E-state index < -0.39 is 0 Å². The zero-order valence-corrected chi connectivity index (χ0v) is 9.09. The van der Waals surface area contributed by atoms with E-state index in [1.165, 1.54) is 0 Å². The molecule has 0 unspecified atom stereocenters. The molecule has 0 spiro atoms. The van der Waals surface area contributed by atoms with Gasteiger partial charge in [-0.15, -0.1) is 0 Å². The molecule has 0 aromatic carbocycles. The molecular weight excluding hydrogens is 215 g/mol. The van der Waals surface area contributed by atoms with Crippen LogP contribution in [0.15, 0.2) is 10.6 Å². The van der Waals surface area contributed by atoms with Gasteiger partial charge in [-0.2, -0.15) is 11.8 Å². The van der Waals surface area contributed by atoms with Crippen LogP contribution in [-0.2, 0) is 4.74 Å². The van der Waals surface area contributed by atoms with Crippen LogP contribution in [0.25, 0.3) is 0 Å². The molecule has 0 aromatic heterocycles. The third-order valence-electron chi connectivity index (χ3n) is 1.74. The third-order valence-corrected chi connectivity index (χ3v) is 3.35. The fraction of sp³-hybridized carbons (Fsp3) is 0.750. The van der Waals surface area contributed by atoms with Crippen LogP contribution in [0, 0.1) is 0 Å². The van der Waals surface area contributed by atoms with Crippen LogP contribution in [0.1, 0.15) is 12.8 Å². The molecule has 1 nitrogen and oxygen atoms in total. The predicted molar refractivity (Wildman–Crippen MR) is 56.1 cm³/mol. The predicted octanol–water partition coefficient (Wildman–Crippen LogP) is 3.22. The topological polar surface area (TPSA) is 9.23 Å². The molecule has 0 saturated carbocycles. The lowest BCUT2D eigenvalue weighted by molar-refractivity contribution is 0.100. The summed E-state index contributed by atoms with van der Waals surface area (Å²) in [5, 5.41) is 0.725. The van der Waals surface area contributed by atoms with Crippen LogP contribution in [0.2, 0.25) is 0 Å². The first-order valence-electron chi connectivity index (χ1n) is 3.99. The molecule has 1 saturated heterocycles. The number of rotatable bonds is 3. The molecule has 0 amide bonds. The summed E-state index contributed by atoms with van der Waals surface area (Å²) in [6.45, 7) is 1.80. The number of halogens is 2. The van der Waals surface area contributed by atoms with Gasteiger partial charge in [-0.25, -0.2) is 0 Å². The molecule has 0 atom stereocenters. The Balaban J connectivity index is 2.09. The van der Waals surface area contributed by atoms with Gasteiger partial charge in [0.05, 0.1) is 0 Å². The van der Waals surface area contributed by atoms with Gasteiger partial charge < -0.3 is 4.74 Å². The Morgan fingerprint density at radius 2 is 2.08 bits per heavy atom. The molecule has 1 fully saturated rings. The highest BCUT2D eigenvalue weighted by Gasteiger charge is 2.12. The highest BCUT2D eigenvalue weighted by molar-refractivity contribution is 8.00. The summed E-state index contributed by atoms with van der Waals surface area (Å²) in [7, 11) is 0. The number of hydrogen-bond donors (Lipinski definition) is 0. The normalized spacial score (nSPS) is 19.2. The second-order valence-corrected chi connectivity index (χ2v) is 4.98. The van der Waals surface area contributed by atoms with Gasteiger partial charge >= 0.3 is 0 Å². The maximum Gasteiger partial charge on any atom is 0.103 e. The molecule has 12 heavy (non-hydrogen) atoms. The molecule has 1 aliphatic rings. The molecule has 4 heteroatoms. The van der Waals surface area contributed by atoms with E-state index in [0.717, 1.165) is 37.1 Å². The summed E-state index contributed by atoms with van der Waals surface area (Å²) in [5.41, 5.74) is 0. The van der Waals surface area contributed by atoms with Gasteiger partial charge in [0.2, 0.25) is 0 Å². The van der Waals surface area contributed by atoms with Gasteiger partial charge in [0, 0.05) is 24.2 Å². The van der Waals surface area contributed by atoms with Gasteiger partial charge in [-0.3, -0.25) is 0 Å². The standard InChI is InChI=1S/C8H12Cl2OS/c9-8(10)3-6-12-7-1-4-11-5-2-7/h3,7H,1-2,4-6H2. The summed E-state index contributed by atoms with van der Waals surface area (Å²) in [4.78, 5) is 0. The first kappa shape index (κ1) is 10.7. The van der Waals surface area contributed by atoms with E-state index in [1.807, 2.05) is 17.8 Å². The summed E-state index contributed by atoms with van der Waals surface area (Å²) in [5.74, 6) is 0.910. The van der Waals surface area contributed by atoms with E-state index in [9.17, 15) is 0 Å². The Labute approximate surface area is 87.4 Å². The fourth-order valence-electron chi connectivity index (χ4n) is 1.09. The summed E-state index contributed by atoms with van der Waals surface area (Å²) in [6.07, 6.45) is 4.14. The van der Waals surface area contributed by atoms with Crippen LogP contribution in [0.4, 0.5) is 0 Å². The molecule has 1 aliphatic heterocycles. The first-order chi connectivity index (χ1) is 5.79. The van der Waals surface area contributed by atoms with Crippen molar-refractivity contribution < 1.29 is 4.74 Å². The summed E-state index contributed by atoms with van der Waals surface area (Å²) in [6, 6.07) is 0. The fourth-order valence-corrected chi connectivity index (χ4v) is 2.49. The molecule has 0 aromatic rings. The lowest BCUT2D eigenvalue weighted by atomic mass is 10.2. The molecule has 70 valence electrons. The van der Waals surface area contributed by atoms with Crippen molar-refractivity contribution in [1.82, 2.24) is 0 Å². The Morgan fingerprint density at radius 3 is 2.67 bits per heavy atom. The van der Waals surface area contributed by atoms with Crippen molar-refractivity contribution >= 4 is 35.0 Å². The van der Waals surface area contributed by atoms with E-state index in [0.29, 0.717) is 4.49 Å². The molecule has 0 aliphatic carbocycles. The maximum absolute atomic E-state index is 5.48. The largest absolute Gasteiger partial charge is 0.381 e. The Bertz CT molecular complexity index is 151. The summed E-state index contributed by atoms with van der Waals surface area (Å²) < 4.78 is 5.62. The van der Waals surface area contributed by atoms with Gasteiger partial charge in [-0.05, 0) is 18.9 Å². The van der Waals surface area contributed by atoms with Crippen LogP contribution in [-0.4, -0.2) is 24.2 Å². The molecule has 0 N–H and O–H groups in total. The van der Waals surface area contributed by atoms with Crippen LogP contribution < -0.4 is 0 Å². The third kappa shape index (κ3) is 4.61. The Kier molecular flexibility index (Phi) is 5.48. The van der Waals surface area contributed by atoms with Crippen molar-refractivity contribution in [2.24, 2.45) is 0 Å². The first-order valence-corrected chi connectivity index (χ1v) is 5.80. The van der Waals surface area contributed by atoms with Crippen molar-refractivity contribution in [1.29, 1.82) is 0 Å². The minimum atomic E-state index is 0.370. The van der Waals surface area contributed by atoms with E-state index in [-0.39, 0.29) is 0 Å². The van der Waals surface area contributed by atoms with E-state index >= 15 is 0 Å². The molecule has 1 heterocycles. The van der Waals surface area contributed by atoms with Crippen LogP contribution in [0.3, 0.4) is 0 Å². The van der Waals surface area contributed by atoms with E-state index in [2.05, 4.69) is 0 Å². The number of hydrogen-bond acceptors (Lipinski definition) is 2. The lowest BCUT2D eigenvalue weighted by Gasteiger charge is -2.20. The summed E-state index contributed by atoms with van der Waals surface area (Å²) >= 11 is 12.9. The average molecular weight is 227 g/mol. The maximum atomic E-state index is 5.48. The lowest BCUT2D eigenvalue weighted by Crippen LogP contribution is -2.17. The molecular formula is C8H12Cl2OS. The minimum Gasteiger partial charge on any atom is -0.381 e.